The maximum Gasteiger partial charge on any atom is 0.227 e. The van der Waals surface area contributed by atoms with Gasteiger partial charge in [-0.2, -0.15) is 4.98 Å². The molecular weight excluding hydrogens is 280 g/mol. The van der Waals surface area contributed by atoms with E-state index < -0.39 is 0 Å². The van der Waals surface area contributed by atoms with E-state index in [1.807, 2.05) is 13.2 Å². The highest BCUT2D eigenvalue weighted by molar-refractivity contribution is 9.10. The molecule has 92 valence electrons. The van der Waals surface area contributed by atoms with Gasteiger partial charge in [-0.1, -0.05) is 0 Å². The smallest absolute Gasteiger partial charge is 0.227 e. The molecule has 1 saturated carbocycles. The molecule has 1 spiro atoms. The fourth-order valence-electron chi connectivity index (χ4n) is 2.65. The molecule has 2 fully saturated rings. The molecule has 1 N–H and O–H groups in total. The first-order valence-electron chi connectivity index (χ1n) is 6.18. The monoisotopic (exact) mass is 296 g/mol. The molecule has 1 aromatic heterocycles. The Morgan fingerprint density at radius 1 is 1.41 bits per heavy atom. The second-order valence-electron chi connectivity index (χ2n) is 5.14. The molecule has 0 unspecified atom stereocenters. The summed E-state index contributed by atoms with van der Waals surface area (Å²) in [4.78, 5) is 11.3. The van der Waals surface area contributed by atoms with Crippen LogP contribution >= 0.6 is 15.9 Å². The summed E-state index contributed by atoms with van der Waals surface area (Å²) in [6.07, 6.45) is 7.27. The van der Waals surface area contributed by atoms with Crippen LogP contribution in [-0.4, -0.2) is 30.1 Å². The highest BCUT2D eigenvalue weighted by Gasteiger charge is 2.45. The van der Waals surface area contributed by atoms with Crippen molar-refractivity contribution in [2.24, 2.45) is 5.41 Å². The van der Waals surface area contributed by atoms with E-state index in [1.54, 1.807) is 0 Å². The predicted octanol–water partition coefficient (Wildman–Crippen LogP) is 2.66. The Bertz CT molecular complexity index is 431. The summed E-state index contributed by atoms with van der Waals surface area (Å²) >= 11 is 3.44. The number of anilines is 2. The molecule has 1 aliphatic heterocycles. The molecule has 1 aromatic rings. The van der Waals surface area contributed by atoms with Crippen molar-refractivity contribution in [1.82, 2.24) is 9.97 Å². The van der Waals surface area contributed by atoms with Crippen LogP contribution in [-0.2, 0) is 0 Å². The lowest BCUT2D eigenvalue weighted by Crippen LogP contribution is -2.37. The lowest BCUT2D eigenvalue weighted by molar-refractivity contribution is 0.391. The number of nitrogens with zero attached hydrogens (tertiary/aromatic N) is 3. The number of rotatable bonds is 2. The molecule has 1 saturated heterocycles. The van der Waals surface area contributed by atoms with Crippen molar-refractivity contribution >= 4 is 27.7 Å². The number of hydrogen-bond donors (Lipinski definition) is 1. The Labute approximate surface area is 110 Å². The summed E-state index contributed by atoms with van der Waals surface area (Å²) in [7, 11) is 1.88. The van der Waals surface area contributed by atoms with E-state index >= 15 is 0 Å². The molecule has 1 aliphatic carbocycles. The molecular formula is C12H17BrN4. The van der Waals surface area contributed by atoms with Gasteiger partial charge in [-0.25, -0.2) is 4.98 Å². The zero-order valence-corrected chi connectivity index (χ0v) is 11.6. The largest absolute Gasteiger partial charge is 0.372 e. The fraction of sp³-hybridized carbons (Fsp3) is 0.667. The average Bonchev–Trinajstić information content (AvgIpc) is 3.09. The summed E-state index contributed by atoms with van der Waals surface area (Å²) in [6.45, 7) is 2.23. The average molecular weight is 297 g/mol. The van der Waals surface area contributed by atoms with Gasteiger partial charge in [0.05, 0.1) is 4.47 Å². The topological polar surface area (TPSA) is 41.1 Å². The minimum atomic E-state index is 0.606. The van der Waals surface area contributed by atoms with Gasteiger partial charge in [-0.05, 0) is 47.0 Å². The van der Waals surface area contributed by atoms with Crippen LogP contribution in [0.2, 0.25) is 0 Å². The van der Waals surface area contributed by atoms with Crippen molar-refractivity contribution in [3.8, 4) is 0 Å². The van der Waals surface area contributed by atoms with Crippen molar-refractivity contribution in [2.45, 2.75) is 25.7 Å². The van der Waals surface area contributed by atoms with Crippen molar-refractivity contribution < 1.29 is 0 Å². The highest BCUT2D eigenvalue weighted by atomic mass is 79.9. The van der Waals surface area contributed by atoms with Crippen LogP contribution in [0, 0.1) is 5.41 Å². The van der Waals surface area contributed by atoms with E-state index in [-0.39, 0.29) is 0 Å². The maximum atomic E-state index is 4.56. The van der Waals surface area contributed by atoms with Crippen LogP contribution in [0.5, 0.6) is 0 Å². The van der Waals surface area contributed by atoms with Crippen molar-refractivity contribution in [3.63, 3.8) is 0 Å². The summed E-state index contributed by atoms with van der Waals surface area (Å²) in [5.41, 5.74) is 0.606. The van der Waals surface area contributed by atoms with E-state index in [9.17, 15) is 0 Å². The zero-order valence-electron chi connectivity index (χ0n) is 10.0. The molecule has 0 atom stereocenters. The summed E-state index contributed by atoms with van der Waals surface area (Å²) in [5, 5.41) is 3.09. The third kappa shape index (κ3) is 2.12. The molecule has 17 heavy (non-hydrogen) atoms. The number of nitrogens with one attached hydrogen (secondary N) is 1. The first-order chi connectivity index (χ1) is 8.22. The first kappa shape index (κ1) is 11.3. The number of halogens is 1. The minimum absolute atomic E-state index is 0.606. The molecule has 5 heteroatoms. The summed E-state index contributed by atoms with van der Waals surface area (Å²) < 4.78 is 0.918. The van der Waals surface area contributed by atoms with Gasteiger partial charge in [0.25, 0.3) is 0 Å². The van der Waals surface area contributed by atoms with E-state index in [0.717, 1.165) is 29.3 Å². The number of piperidine rings is 1. The van der Waals surface area contributed by atoms with E-state index in [1.165, 1.54) is 25.7 Å². The van der Waals surface area contributed by atoms with Gasteiger partial charge in [0.2, 0.25) is 5.95 Å². The predicted molar refractivity (Wildman–Crippen MR) is 72.4 cm³/mol. The van der Waals surface area contributed by atoms with Crippen LogP contribution in [0.15, 0.2) is 10.7 Å². The summed E-state index contributed by atoms with van der Waals surface area (Å²) in [5.74, 6) is 1.73. The van der Waals surface area contributed by atoms with E-state index in [4.69, 9.17) is 0 Å². The molecule has 0 amide bonds. The molecule has 0 bridgehead atoms. The van der Waals surface area contributed by atoms with Crippen molar-refractivity contribution in [3.05, 3.63) is 10.7 Å². The lowest BCUT2D eigenvalue weighted by atomic mass is 9.95. The SMILES string of the molecule is CNc1nc(N2CCCC3(CC3)C2)ncc1Br. The third-order valence-electron chi connectivity index (χ3n) is 3.87. The van der Waals surface area contributed by atoms with Crippen LogP contribution in [0.4, 0.5) is 11.8 Å². The van der Waals surface area contributed by atoms with Crippen LogP contribution < -0.4 is 10.2 Å². The highest BCUT2D eigenvalue weighted by Crippen LogP contribution is 2.52. The zero-order chi connectivity index (χ0) is 11.9. The van der Waals surface area contributed by atoms with Crippen molar-refractivity contribution in [2.75, 3.05) is 30.4 Å². The van der Waals surface area contributed by atoms with Gasteiger partial charge in [-0.3, -0.25) is 0 Å². The van der Waals surface area contributed by atoms with Crippen LogP contribution in [0.1, 0.15) is 25.7 Å². The second kappa shape index (κ2) is 4.12. The Morgan fingerprint density at radius 3 is 2.94 bits per heavy atom. The Hall–Kier alpha value is -0.840. The Morgan fingerprint density at radius 2 is 2.24 bits per heavy atom. The van der Waals surface area contributed by atoms with E-state index in [2.05, 4.69) is 36.1 Å². The van der Waals surface area contributed by atoms with Crippen molar-refractivity contribution in [1.29, 1.82) is 0 Å². The van der Waals surface area contributed by atoms with Gasteiger partial charge < -0.3 is 10.2 Å². The molecule has 0 radical (unpaired) electrons. The quantitative estimate of drug-likeness (QED) is 0.911. The second-order valence-corrected chi connectivity index (χ2v) is 6.00. The fourth-order valence-corrected chi connectivity index (χ4v) is 3.04. The molecule has 3 rings (SSSR count). The summed E-state index contributed by atoms with van der Waals surface area (Å²) in [6, 6.07) is 0. The number of aromatic nitrogens is 2. The molecule has 2 heterocycles. The Balaban J connectivity index is 1.83. The van der Waals surface area contributed by atoms with E-state index in [0.29, 0.717) is 5.41 Å². The number of hydrogen-bond acceptors (Lipinski definition) is 4. The van der Waals surface area contributed by atoms with Crippen LogP contribution in [0.3, 0.4) is 0 Å². The van der Waals surface area contributed by atoms with Gasteiger partial charge in [0.15, 0.2) is 0 Å². The molecule has 2 aliphatic rings. The normalized spacial score (nSPS) is 21.6. The first-order valence-corrected chi connectivity index (χ1v) is 6.97. The lowest BCUT2D eigenvalue weighted by Gasteiger charge is -2.33. The Kier molecular flexibility index (Phi) is 2.73. The van der Waals surface area contributed by atoms with Gasteiger partial charge in [0, 0.05) is 26.3 Å². The van der Waals surface area contributed by atoms with Crippen LogP contribution in [0.25, 0.3) is 0 Å². The van der Waals surface area contributed by atoms with Gasteiger partial charge in [-0.15, -0.1) is 0 Å². The minimum Gasteiger partial charge on any atom is -0.372 e. The molecule has 4 nitrogen and oxygen atoms in total. The standard InChI is InChI=1S/C12H17BrN4/c1-14-10-9(13)7-15-11(16-10)17-6-2-3-12(8-17)4-5-12/h7H,2-6,8H2,1H3,(H,14,15,16). The van der Waals surface area contributed by atoms with Gasteiger partial charge >= 0.3 is 0 Å². The van der Waals surface area contributed by atoms with Gasteiger partial charge in [0.1, 0.15) is 5.82 Å². The third-order valence-corrected chi connectivity index (χ3v) is 4.45. The molecule has 0 aromatic carbocycles. The maximum absolute atomic E-state index is 4.56.